The van der Waals surface area contributed by atoms with E-state index in [-0.39, 0.29) is 18.3 Å². The van der Waals surface area contributed by atoms with Crippen LogP contribution in [0.3, 0.4) is 0 Å². The Bertz CT molecular complexity index is 686. The lowest BCUT2D eigenvalue weighted by Crippen LogP contribution is -2.34. The molecule has 1 aromatic carbocycles. The van der Waals surface area contributed by atoms with Gasteiger partial charge in [0.2, 0.25) is 11.8 Å². The molecular formula is C15H17N3O4. The fourth-order valence-corrected chi connectivity index (χ4v) is 2.30. The Morgan fingerprint density at radius 3 is 2.91 bits per heavy atom. The molecule has 0 spiro atoms. The number of benzene rings is 1. The quantitative estimate of drug-likeness (QED) is 0.876. The lowest BCUT2D eigenvalue weighted by atomic mass is 10.1. The number of nitrogens with zero attached hydrogens (tertiary/aromatic N) is 2. The molecule has 1 N–H and O–H groups in total. The van der Waals surface area contributed by atoms with Crippen molar-refractivity contribution in [3.05, 3.63) is 40.9 Å². The largest absolute Gasteiger partial charge is 0.437 e. The molecule has 0 aliphatic carbocycles. The van der Waals surface area contributed by atoms with Gasteiger partial charge in [-0.15, -0.1) is 5.10 Å². The molecule has 0 saturated carbocycles. The molecule has 7 nitrogen and oxygen atoms in total. The summed E-state index contributed by atoms with van der Waals surface area (Å²) in [6.45, 7) is 1.81. The lowest BCUT2D eigenvalue weighted by Gasteiger charge is -2.08. The van der Waals surface area contributed by atoms with Crippen LogP contribution >= 0.6 is 0 Å². The van der Waals surface area contributed by atoms with Gasteiger partial charge in [-0.2, -0.15) is 4.68 Å². The summed E-state index contributed by atoms with van der Waals surface area (Å²) in [5.74, 6) is -0.347. The molecule has 1 aromatic heterocycles. The van der Waals surface area contributed by atoms with Gasteiger partial charge < -0.3 is 14.5 Å². The molecule has 2 heterocycles. The number of aromatic nitrogens is 2. The maximum Gasteiger partial charge on any atom is 0.437 e. The highest BCUT2D eigenvalue weighted by Gasteiger charge is 2.17. The standard InChI is InChI=1S/C15H17N3O4/c19-13(16-8-11-6-7-21-10-11)9-18-15(20)22-14(17-18)12-4-2-1-3-5-12/h1-5,11H,6-10H2,(H,16,19)/t11-/m0/s1. The van der Waals surface area contributed by atoms with Gasteiger partial charge in [0, 0.05) is 24.6 Å². The molecular weight excluding hydrogens is 286 g/mol. The number of amides is 1. The Morgan fingerprint density at radius 1 is 1.36 bits per heavy atom. The molecule has 7 heteroatoms. The predicted octanol–water partition coefficient (Wildman–Crippen LogP) is 0.656. The number of hydrogen-bond acceptors (Lipinski definition) is 5. The summed E-state index contributed by atoms with van der Waals surface area (Å²) in [5, 5.41) is 6.84. The van der Waals surface area contributed by atoms with Gasteiger partial charge in [0.1, 0.15) is 6.54 Å². The van der Waals surface area contributed by atoms with E-state index in [1.807, 2.05) is 18.2 Å². The summed E-state index contributed by atoms with van der Waals surface area (Å²) in [6.07, 6.45) is 0.947. The van der Waals surface area contributed by atoms with E-state index in [1.165, 1.54) is 0 Å². The molecule has 1 aliphatic rings. The highest BCUT2D eigenvalue weighted by Crippen LogP contribution is 2.14. The van der Waals surface area contributed by atoms with Gasteiger partial charge in [0.05, 0.1) is 6.61 Å². The fourth-order valence-electron chi connectivity index (χ4n) is 2.30. The van der Waals surface area contributed by atoms with Crippen molar-refractivity contribution >= 4 is 5.91 Å². The van der Waals surface area contributed by atoms with Crippen molar-refractivity contribution in [2.24, 2.45) is 5.92 Å². The fraction of sp³-hybridized carbons (Fsp3) is 0.400. The van der Waals surface area contributed by atoms with E-state index in [4.69, 9.17) is 9.15 Å². The number of ether oxygens (including phenoxy) is 1. The molecule has 1 atom stereocenters. The average molecular weight is 303 g/mol. The second-order valence-corrected chi connectivity index (χ2v) is 5.23. The van der Waals surface area contributed by atoms with Crippen LogP contribution in [0.2, 0.25) is 0 Å². The third kappa shape index (κ3) is 3.43. The first-order valence-electron chi connectivity index (χ1n) is 7.20. The third-order valence-corrected chi connectivity index (χ3v) is 3.53. The van der Waals surface area contributed by atoms with Crippen molar-refractivity contribution in [1.82, 2.24) is 15.1 Å². The molecule has 22 heavy (non-hydrogen) atoms. The Kier molecular flexibility index (Phi) is 4.34. The highest BCUT2D eigenvalue weighted by molar-refractivity contribution is 5.75. The van der Waals surface area contributed by atoms with Gasteiger partial charge in [-0.25, -0.2) is 4.79 Å². The molecule has 0 unspecified atom stereocenters. The van der Waals surface area contributed by atoms with Crippen LogP contribution in [0, 0.1) is 5.92 Å². The van der Waals surface area contributed by atoms with Gasteiger partial charge in [0.15, 0.2) is 0 Å². The van der Waals surface area contributed by atoms with E-state index in [1.54, 1.807) is 12.1 Å². The number of hydrogen-bond donors (Lipinski definition) is 1. The third-order valence-electron chi connectivity index (χ3n) is 3.53. The average Bonchev–Trinajstić information content (AvgIpc) is 3.17. The summed E-state index contributed by atoms with van der Waals surface area (Å²) in [4.78, 5) is 23.6. The van der Waals surface area contributed by atoms with Crippen LogP contribution in [-0.4, -0.2) is 35.4 Å². The smallest absolute Gasteiger partial charge is 0.388 e. The van der Waals surface area contributed by atoms with E-state index in [0.29, 0.717) is 24.6 Å². The van der Waals surface area contributed by atoms with E-state index in [0.717, 1.165) is 17.7 Å². The van der Waals surface area contributed by atoms with Gasteiger partial charge in [-0.3, -0.25) is 4.79 Å². The summed E-state index contributed by atoms with van der Waals surface area (Å²) in [7, 11) is 0. The number of carbonyl (C=O) groups excluding carboxylic acids is 1. The SMILES string of the molecule is O=C(Cn1nc(-c2ccccc2)oc1=O)NC[C@@H]1CCOC1. The summed E-state index contributed by atoms with van der Waals surface area (Å²) in [6, 6.07) is 9.08. The first-order chi connectivity index (χ1) is 10.7. The van der Waals surface area contributed by atoms with Crippen molar-refractivity contribution in [1.29, 1.82) is 0 Å². The zero-order valence-electron chi connectivity index (χ0n) is 12.0. The normalized spacial score (nSPS) is 17.5. The molecule has 0 radical (unpaired) electrons. The van der Waals surface area contributed by atoms with Crippen LogP contribution in [0.15, 0.2) is 39.5 Å². The minimum absolute atomic E-state index is 0.150. The molecule has 1 saturated heterocycles. The maximum absolute atomic E-state index is 11.9. The van der Waals surface area contributed by atoms with Crippen molar-refractivity contribution < 1.29 is 13.9 Å². The van der Waals surface area contributed by atoms with Crippen LogP contribution in [0.4, 0.5) is 0 Å². The van der Waals surface area contributed by atoms with Gasteiger partial charge in [0.25, 0.3) is 0 Å². The van der Waals surface area contributed by atoms with E-state index in [9.17, 15) is 9.59 Å². The van der Waals surface area contributed by atoms with Crippen LogP contribution in [-0.2, 0) is 16.1 Å². The molecule has 1 fully saturated rings. The maximum atomic E-state index is 11.9. The number of rotatable bonds is 5. The summed E-state index contributed by atoms with van der Waals surface area (Å²) >= 11 is 0. The monoisotopic (exact) mass is 303 g/mol. The Hall–Kier alpha value is -2.41. The zero-order chi connectivity index (χ0) is 15.4. The van der Waals surface area contributed by atoms with Crippen LogP contribution in [0.25, 0.3) is 11.5 Å². The number of nitrogens with one attached hydrogen (secondary N) is 1. The lowest BCUT2D eigenvalue weighted by molar-refractivity contribution is -0.122. The van der Waals surface area contributed by atoms with E-state index >= 15 is 0 Å². The van der Waals surface area contributed by atoms with Crippen molar-refractivity contribution in [3.63, 3.8) is 0 Å². The molecule has 2 aromatic rings. The predicted molar refractivity (Wildman–Crippen MR) is 78.1 cm³/mol. The minimum atomic E-state index is -0.641. The summed E-state index contributed by atoms with van der Waals surface area (Å²) in [5.41, 5.74) is 0.696. The van der Waals surface area contributed by atoms with Crippen LogP contribution in [0.5, 0.6) is 0 Å². The highest BCUT2D eigenvalue weighted by atomic mass is 16.5. The second-order valence-electron chi connectivity index (χ2n) is 5.23. The topological polar surface area (TPSA) is 86.4 Å². The Balaban J connectivity index is 1.61. The van der Waals surface area contributed by atoms with Crippen LogP contribution in [0.1, 0.15) is 6.42 Å². The molecule has 1 amide bonds. The van der Waals surface area contributed by atoms with Crippen molar-refractivity contribution in [3.8, 4) is 11.5 Å². The molecule has 0 bridgehead atoms. The summed E-state index contributed by atoms with van der Waals surface area (Å²) < 4.78 is 11.4. The molecule has 1 aliphatic heterocycles. The van der Waals surface area contributed by atoms with Gasteiger partial charge >= 0.3 is 5.76 Å². The first-order valence-corrected chi connectivity index (χ1v) is 7.20. The first kappa shape index (κ1) is 14.5. The van der Waals surface area contributed by atoms with Crippen molar-refractivity contribution in [2.45, 2.75) is 13.0 Å². The van der Waals surface area contributed by atoms with Gasteiger partial charge in [-0.1, -0.05) is 18.2 Å². The Labute approximate surface area is 126 Å². The van der Waals surface area contributed by atoms with E-state index in [2.05, 4.69) is 10.4 Å². The van der Waals surface area contributed by atoms with Crippen molar-refractivity contribution in [2.75, 3.05) is 19.8 Å². The number of carbonyl (C=O) groups is 1. The molecule has 116 valence electrons. The van der Waals surface area contributed by atoms with Gasteiger partial charge in [-0.05, 0) is 18.6 Å². The van der Waals surface area contributed by atoms with Crippen LogP contribution < -0.4 is 11.1 Å². The second kappa shape index (κ2) is 6.57. The Morgan fingerprint density at radius 2 is 2.18 bits per heavy atom. The zero-order valence-corrected chi connectivity index (χ0v) is 12.0. The van der Waals surface area contributed by atoms with E-state index < -0.39 is 5.76 Å². The minimum Gasteiger partial charge on any atom is -0.388 e. The molecule has 3 rings (SSSR count).